The monoisotopic (exact) mass is 468 g/mol. The summed E-state index contributed by atoms with van der Waals surface area (Å²) in [4.78, 5) is 23.9. The number of aromatic nitrogens is 3. The van der Waals surface area contributed by atoms with E-state index in [4.69, 9.17) is 12.2 Å². The average molecular weight is 469 g/mol. The number of para-hydroxylation sites is 1. The number of rotatable bonds is 7. The highest BCUT2D eigenvalue weighted by molar-refractivity contribution is 7.80. The van der Waals surface area contributed by atoms with Crippen molar-refractivity contribution in [2.75, 3.05) is 11.9 Å². The van der Waals surface area contributed by atoms with Crippen LogP contribution in [0.4, 0.5) is 5.69 Å². The van der Waals surface area contributed by atoms with Crippen LogP contribution in [0.1, 0.15) is 29.9 Å². The molecule has 0 spiro atoms. The van der Waals surface area contributed by atoms with E-state index in [1.165, 1.54) is 0 Å². The van der Waals surface area contributed by atoms with Crippen molar-refractivity contribution < 1.29 is 4.79 Å². The Morgan fingerprint density at radius 2 is 1.71 bits per heavy atom. The van der Waals surface area contributed by atoms with Crippen molar-refractivity contribution in [3.63, 3.8) is 0 Å². The molecule has 1 fully saturated rings. The molecule has 0 unspecified atom stereocenters. The Balaban J connectivity index is 1.44. The van der Waals surface area contributed by atoms with Gasteiger partial charge in [0.15, 0.2) is 5.11 Å². The van der Waals surface area contributed by atoms with E-state index in [0.717, 1.165) is 22.9 Å². The number of thiocarbonyl (C=S) groups is 1. The summed E-state index contributed by atoms with van der Waals surface area (Å²) < 4.78 is 2.06. The van der Waals surface area contributed by atoms with E-state index in [-0.39, 0.29) is 18.0 Å². The van der Waals surface area contributed by atoms with Gasteiger partial charge in [0, 0.05) is 42.9 Å². The van der Waals surface area contributed by atoms with Crippen LogP contribution < -0.4 is 10.6 Å². The largest absolute Gasteiger partial charge is 0.352 e. The van der Waals surface area contributed by atoms with Crippen molar-refractivity contribution in [1.82, 2.24) is 24.8 Å². The van der Waals surface area contributed by atoms with E-state index >= 15 is 0 Å². The molecule has 2 N–H and O–H groups in total. The van der Waals surface area contributed by atoms with Gasteiger partial charge < -0.3 is 20.1 Å². The normalized spacial score (nSPS) is 17.4. The molecule has 0 saturated carbocycles. The molecule has 3 aromatic heterocycles. The minimum atomic E-state index is -0.164. The van der Waals surface area contributed by atoms with Crippen LogP contribution in [0.25, 0.3) is 5.82 Å². The van der Waals surface area contributed by atoms with Crippen LogP contribution in [0, 0.1) is 0 Å². The van der Waals surface area contributed by atoms with E-state index < -0.39 is 0 Å². The Kier molecular flexibility index (Phi) is 6.31. The van der Waals surface area contributed by atoms with E-state index in [0.29, 0.717) is 18.1 Å². The quantitative estimate of drug-likeness (QED) is 0.395. The standard InChI is InChI=1S/C26H24N6OS/c33-23(29-19-9-2-1-3-10-19)14-18-32-25(24(30-26(32)34)20-11-4-6-15-27-20)21-12-8-17-31(21)22-13-5-7-16-28-22/h1-13,15-17,24-25H,14,18H2,(H,29,33)(H,30,34)/t24-,25-/m0/s1. The summed E-state index contributed by atoms with van der Waals surface area (Å²) in [7, 11) is 0. The number of benzene rings is 1. The lowest BCUT2D eigenvalue weighted by molar-refractivity contribution is -0.116. The molecule has 0 aliphatic carbocycles. The number of carbonyl (C=O) groups excluding carboxylic acids is 1. The fraction of sp³-hybridized carbons (Fsp3) is 0.154. The van der Waals surface area contributed by atoms with Gasteiger partial charge in [0.25, 0.3) is 0 Å². The van der Waals surface area contributed by atoms with Gasteiger partial charge in [-0.3, -0.25) is 9.78 Å². The van der Waals surface area contributed by atoms with Crippen molar-refractivity contribution in [3.05, 3.63) is 109 Å². The van der Waals surface area contributed by atoms with Crippen LogP contribution in [-0.2, 0) is 4.79 Å². The summed E-state index contributed by atoms with van der Waals surface area (Å²) in [5.41, 5.74) is 2.69. The Morgan fingerprint density at radius 1 is 0.941 bits per heavy atom. The van der Waals surface area contributed by atoms with E-state index in [1.54, 1.807) is 12.4 Å². The summed E-state index contributed by atoms with van der Waals surface area (Å²) in [6.45, 7) is 0.464. The molecule has 4 heterocycles. The second-order valence-corrected chi connectivity index (χ2v) is 8.36. The maximum Gasteiger partial charge on any atom is 0.226 e. The molecule has 170 valence electrons. The first kappa shape index (κ1) is 21.8. The minimum Gasteiger partial charge on any atom is -0.352 e. The average Bonchev–Trinajstić information content (AvgIpc) is 3.48. The minimum absolute atomic E-state index is 0.0610. The van der Waals surface area contributed by atoms with Crippen molar-refractivity contribution in [2.45, 2.75) is 18.5 Å². The lowest BCUT2D eigenvalue weighted by Crippen LogP contribution is -2.33. The SMILES string of the molecule is O=C(CCN1C(=S)N[C@@H](c2ccccn2)[C@@H]1c1cccn1-c1ccccn1)Nc1ccccc1. The zero-order valence-corrected chi connectivity index (χ0v) is 19.2. The molecule has 1 aliphatic rings. The van der Waals surface area contributed by atoms with Gasteiger partial charge in [0.05, 0.1) is 17.8 Å². The topological polar surface area (TPSA) is 75.1 Å². The van der Waals surface area contributed by atoms with Crippen molar-refractivity contribution in [1.29, 1.82) is 0 Å². The fourth-order valence-electron chi connectivity index (χ4n) is 4.27. The third kappa shape index (κ3) is 4.53. The Labute approximate surface area is 203 Å². The predicted octanol–water partition coefficient (Wildman–Crippen LogP) is 4.27. The Morgan fingerprint density at radius 3 is 2.44 bits per heavy atom. The molecule has 34 heavy (non-hydrogen) atoms. The molecule has 0 radical (unpaired) electrons. The molecular weight excluding hydrogens is 444 g/mol. The lowest BCUT2D eigenvalue weighted by Gasteiger charge is -2.28. The van der Waals surface area contributed by atoms with Crippen LogP contribution in [0.2, 0.25) is 0 Å². The number of nitrogens with zero attached hydrogens (tertiary/aromatic N) is 4. The number of hydrogen-bond donors (Lipinski definition) is 2. The second-order valence-electron chi connectivity index (χ2n) is 7.98. The van der Waals surface area contributed by atoms with Crippen molar-refractivity contribution >= 4 is 28.9 Å². The summed E-state index contributed by atoms with van der Waals surface area (Å²) in [6, 6.07) is 24.9. The number of anilines is 1. The molecule has 8 heteroatoms. The number of pyridine rings is 2. The van der Waals surface area contributed by atoms with Gasteiger partial charge in [-0.25, -0.2) is 4.98 Å². The number of amides is 1. The van der Waals surface area contributed by atoms with Gasteiger partial charge in [0.1, 0.15) is 5.82 Å². The van der Waals surface area contributed by atoms with Crippen molar-refractivity contribution in [3.8, 4) is 5.82 Å². The molecule has 1 saturated heterocycles. The smallest absolute Gasteiger partial charge is 0.226 e. The highest BCUT2D eigenvalue weighted by Gasteiger charge is 2.41. The molecule has 7 nitrogen and oxygen atoms in total. The third-order valence-corrected chi connectivity index (χ3v) is 6.17. The first-order chi connectivity index (χ1) is 16.7. The van der Waals surface area contributed by atoms with E-state index in [1.807, 2.05) is 79.0 Å². The molecule has 1 amide bonds. The van der Waals surface area contributed by atoms with Crippen LogP contribution in [-0.4, -0.2) is 37.0 Å². The Hall–Kier alpha value is -4.04. The van der Waals surface area contributed by atoms with Gasteiger partial charge in [-0.05, 0) is 60.7 Å². The molecule has 0 bridgehead atoms. The van der Waals surface area contributed by atoms with Gasteiger partial charge in [-0.15, -0.1) is 0 Å². The number of hydrogen-bond acceptors (Lipinski definition) is 4. The molecule has 5 rings (SSSR count). The first-order valence-corrected chi connectivity index (χ1v) is 11.5. The molecule has 4 aromatic rings. The van der Waals surface area contributed by atoms with Gasteiger partial charge in [-0.2, -0.15) is 0 Å². The van der Waals surface area contributed by atoms with E-state index in [9.17, 15) is 4.79 Å². The van der Waals surface area contributed by atoms with Crippen LogP contribution in [0.5, 0.6) is 0 Å². The molecule has 2 atom stereocenters. The second kappa shape index (κ2) is 9.84. The summed E-state index contributed by atoms with van der Waals surface area (Å²) in [6.07, 6.45) is 5.85. The zero-order valence-electron chi connectivity index (χ0n) is 18.4. The van der Waals surface area contributed by atoms with Crippen LogP contribution in [0.15, 0.2) is 97.5 Å². The highest BCUT2D eigenvalue weighted by atomic mass is 32.1. The van der Waals surface area contributed by atoms with Crippen molar-refractivity contribution in [2.24, 2.45) is 0 Å². The molecule has 1 aromatic carbocycles. The van der Waals surface area contributed by atoms with Crippen LogP contribution in [0.3, 0.4) is 0 Å². The Bertz CT molecular complexity index is 1260. The zero-order chi connectivity index (χ0) is 23.3. The van der Waals surface area contributed by atoms with Crippen LogP contribution >= 0.6 is 12.2 Å². The fourth-order valence-corrected chi connectivity index (χ4v) is 4.61. The maximum atomic E-state index is 12.7. The maximum absolute atomic E-state index is 12.7. The van der Waals surface area contributed by atoms with Gasteiger partial charge in [-0.1, -0.05) is 30.3 Å². The van der Waals surface area contributed by atoms with E-state index in [2.05, 4.69) is 36.1 Å². The lowest BCUT2D eigenvalue weighted by atomic mass is 10.0. The molecular formula is C26H24N6OS. The van der Waals surface area contributed by atoms with Gasteiger partial charge in [0.2, 0.25) is 5.91 Å². The summed E-state index contributed by atoms with van der Waals surface area (Å²) >= 11 is 5.74. The molecule has 1 aliphatic heterocycles. The number of carbonyl (C=O) groups is 1. The summed E-state index contributed by atoms with van der Waals surface area (Å²) in [5.74, 6) is 0.760. The third-order valence-electron chi connectivity index (χ3n) is 5.81. The summed E-state index contributed by atoms with van der Waals surface area (Å²) in [5, 5.41) is 6.99. The van der Waals surface area contributed by atoms with Gasteiger partial charge >= 0.3 is 0 Å². The number of nitrogens with one attached hydrogen (secondary N) is 2. The first-order valence-electron chi connectivity index (χ1n) is 11.1. The predicted molar refractivity (Wildman–Crippen MR) is 135 cm³/mol. The highest BCUT2D eigenvalue weighted by Crippen LogP contribution is 2.39.